The first-order valence-corrected chi connectivity index (χ1v) is 10.3. The van der Waals surface area contributed by atoms with Crippen LogP contribution in [0.5, 0.6) is 0 Å². The maximum atomic E-state index is 13.5. The predicted octanol–water partition coefficient (Wildman–Crippen LogP) is 2.27. The van der Waals surface area contributed by atoms with Crippen LogP contribution in [-0.2, 0) is 13.1 Å². The van der Waals surface area contributed by atoms with Gasteiger partial charge in [0, 0.05) is 36.1 Å². The number of benzene rings is 1. The molecule has 0 atom stereocenters. The fourth-order valence-corrected chi connectivity index (χ4v) is 3.40. The summed E-state index contributed by atoms with van der Waals surface area (Å²) in [7, 11) is 0. The lowest BCUT2D eigenvalue weighted by molar-refractivity contribution is 0.0950. The molecule has 0 bridgehead atoms. The van der Waals surface area contributed by atoms with Gasteiger partial charge in [0.25, 0.3) is 5.91 Å². The topological polar surface area (TPSA) is 104 Å². The van der Waals surface area contributed by atoms with Gasteiger partial charge in [0.15, 0.2) is 5.96 Å². The number of nitrogens with one attached hydrogen (secondary N) is 3. The molecule has 3 N–H and O–H groups in total. The standard InChI is InChI=1S/C23H24FN7O/c1-14-10-28-19(12-27-14)13-29-22(32)18-8-16(11-30-23-25-5-6-26-23)7-17(9-18)20-3-4-21(24)31-15(20)2/h3-4,7-10,12H,5-6,11,13H2,1-2H3,(H,29,32)(H2,25,26,30). The van der Waals surface area contributed by atoms with Crippen LogP contribution in [0, 0.1) is 19.8 Å². The number of guanidine groups is 1. The van der Waals surface area contributed by atoms with Gasteiger partial charge in [-0.15, -0.1) is 0 Å². The lowest BCUT2D eigenvalue weighted by Gasteiger charge is -2.13. The fourth-order valence-electron chi connectivity index (χ4n) is 3.40. The molecule has 164 valence electrons. The van der Waals surface area contributed by atoms with Gasteiger partial charge in [-0.25, -0.2) is 4.98 Å². The minimum atomic E-state index is -0.536. The average Bonchev–Trinajstić information content (AvgIpc) is 3.30. The average molecular weight is 433 g/mol. The number of aryl methyl sites for hydroxylation is 2. The highest BCUT2D eigenvalue weighted by molar-refractivity contribution is 5.95. The molecule has 9 heteroatoms. The van der Waals surface area contributed by atoms with Gasteiger partial charge in [0.1, 0.15) is 0 Å². The summed E-state index contributed by atoms with van der Waals surface area (Å²) in [6.45, 7) is 5.89. The van der Waals surface area contributed by atoms with E-state index in [0.717, 1.165) is 41.4 Å². The van der Waals surface area contributed by atoms with Gasteiger partial charge in [-0.2, -0.15) is 4.39 Å². The smallest absolute Gasteiger partial charge is 0.251 e. The van der Waals surface area contributed by atoms with Crippen molar-refractivity contribution in [3.05, 3.63) is 76.9 Å². The summed E-state index contributed by atoms with van der Waals surface area (Å²) < 4.78 is 13.5. The quantitative estimate of drug-likeness (QED) is 0.515. The molecule has 0 radical (unpaired) electrons. The molecule has 3 aromatic rings. The Morgan fingerprint density at radius 2 is 2.00 bits per heavy atom. The monoisotopic (exact) mass is 433 g/mol. The first-order chi connectivity index (χ1) is 15.5. The Bertz CT molecular complexity index is 1160. The third-order valence-electron chi connectivity index (χ3n) is 5.02. The predicted molar refractivity (Wildman–Crippen MR) is 119 cm³/mol. The van der Waals surface area contributed by atoms with Crippen LogP contribution in [0.4, 0.5) is 4.39 Å². The fraction of sp³-hybridized carbons (Fsp3) is 0.261. The van der Waals surface area contributed by atoms with Gasteiger partial charge in [-0.1, -0.05) is 0 Å². The van der Waals surface area contributed by atoms with E-state index < -0.39 is 5.95 Å². The largest absolute Gasteiger partial charge is 0.355 e. The van der Waals surface area contributed by atoms with Crippen molar-refractivity contribution in [3.63, 3.8) is 0 Å². The second-order valence-corrected chi connectivity index (χ2v) is 7.53. The zero-order chi connectivity index (χ0) is 22.5. The number of nitrogens with zero attached hydrogens (tertiary/aromatic N) is 4. The number of aromatic nitrogens is 3. The molecule has 0 saturated heterocycles. The van der Waals surface area contributed by atoms with E-state index in [4.69, 9.17) is 0 Å². The van der Waals surface area contributed by atoms with Gasteiger partial charge >= 0.3 is 0 Å². The van der Waals surface area contributed by atoms with Crippen molar-refractivity contribution in [1.29, 1.82) is 0 Å². The summed E-state index contributed by atoms with van der Waals surface area (Å²) in [5, 5.41) is 9.29. The molecular formula is C23H24FN7O. The Morgan fingerprint density at radius 3 is 2.72 bits per heavy atom. The maximum Gasteiger partial charge on any atom is 0.251 e. The normalized spacial score (nSPS) is 12.8. The van der Waals surface area contributed by atoms with Crippen molar-refractivity contribution in [2.75, 3.05) is 13.1 Å². The molecular weight excluding hydrogens is 409 g/mol. The van der Waals surface area contributed by atoms with Crippen LogP contribution in [0.25, 0.3) is 11.1 Å². The van der Waals surface area contributed by atoms with Crippen molar-refractivity contribution < 1.29 is 9.18 Å². The lowest BCUT2D eigenvalue weighted by atomic mass is 9.98. The molecule has 0 spiro atoms. The Kier molecular flexibility index (Phi) is 6.34. The van der Waals surface area contributed by atoms with E-state index in [2.05, 4.69) is 35.9 Å². The van der Waals surface area contributed by atoms with Gasteiger partial charge in [-0.3, -0.25) is 19.8 Å². The van der Waals surface area contributed by atoms with Crippen molar-refractivity contribution >= 4 is 11.9 Å². The van der Waals surface area contributed by atoms with E-state index in [1.165, 1.54) is 6.07 Å². The van der Waals surface area contributed by atoms with Crippen molar-refractivity contribution in [2.24, 2.45) is 4.99 Å². The molecule has 0 saturated carbocycles. The molecule has 0 aliphatic carbocycles. The van der Waals surface area contributed by atoms with Crippen LogP contribution in [0.15, 0.2) is 47.7 Å². The lowest BCUT2D eigenvalue weighted by Crippen LogP contribution is -2.33. The second-order valence-electron chi connectivity index (χ2n) is 7.53. The minimum Gasteiger partial charge on any atom is -0.355 e. The van der Waals surface area contributed by atoms with Crippen LogP contribution in [-0.4, -0.2) is 39.9 Å². The van der Waals surface area contributed by atoms with Crippen LogP contribution in [0.1, 0.15) is 33.0 Å². The molecule has 3 heterocycles. The van der Waals surface area contributed by atoms with E-state index in [9.17, 15) is 9.18 Å². The molecule has 1 aromatic carbocycles. The van der Waals surface area contributed by atoms with Crippen LogP contribution >= 0.6 is 0 Å². The molecule has 1 aliphatic heterocycles. The highest BCUT2D eigenvalue weighted by Crippen LogP contribution is 2.25. The second kappa shape index (κ2) is 9.51. The number of aliphatic imine (C=N–C) groups is 1. The van der Waals surface area contributed by atoms with Crippen molar-refractivity contribution in [1.82, 2.24) is 30.9 Å². The summed E-state index contributed by atoms with van der Waals surface area (Å²) in [5.41, 5.74) is 4.98. The molecule has 0 unspecified atom stereocenters. The molecule has 4 rings (SSSR count). The summed E-state index contributed by atoms with van der Waals surface area (Å²) in [6.07, 6.45) is 3.31. The minimum absolute atomic E-state index is 0.237. The van der Waals surface area contributed by atoms with Crippen LogP contribution in [0.3, 0.4) is 0 Å². The van der Waals surface area contributed by atoms with Gasteiger partial charge < -0.3 is 16.0 Å². The highest BCUT2D eigenvalue weighted by atomic mass is 19.1. The van der Waals surface area contributed by atoms with Gasteiger partial charge in [0.2, 0.25) is 5.95 Å². The molecule has 0 fully saturated rings. The Hall–Kier alpha value is -3.88. The number of amides is 1. The number of halogens is 1. The number of hydrogen-bond acceptors (Lipinski definition) is 7. The number of carbonyl (C=O) groups excluding carboxylic acids is 1. The number of hydrogen-bond donors (Lipinski definition) is 3. The van der Waals surface area contributed by atoms with E-state index in [0.29, 0.717) is 23.5 Å². The number of pyridine rings is 1. The Balaban J connectivity index is 1.59. The Morgan fingerprint density at radius 1 is 1.12 bits per heavy atom. The summed E-state index contributed by atoms with van der Waals surface area (Å²) in [6, 6.07) is 8.57. The Labute approximate surface area is 185 Å². The van der Waals surface area contributed by atoms with Crippen molar-refractivity contribution in [2.45, 2.75) is 26.9 Å². The molecule has 2 aromatic heterocycles. The van der Waals surface area contributed by atoms with Gasteiger partial charge in [0.05, 0.1) is 30.7 Å². The highest BCUT2D eigenvalue weighted by Gasteiger charge is 2.13. The summed E-state index contributed by atoms with van der Waals surface area (Å²) in [4.78, 5) is 29.6. The third kappa shape index (κ3) is 5.23. The third-order valence-corrected chi connectivity index (χ3v) is 5.02. The van der Waals surface area contributed by atoms with Crippen LogP contribution < -0.4 is 16.0 Å². The SMILES string of the molecule is Cc1cnc(CNC(=O)c2cc(CNC3=NCCN3)cc(-c3ccc(F)nc3C)c2)cn1. The first-order valence-electron chi connectivity index (χ1n) is 10.3. The molecule has 32 heavy (non-hydrogen) atoms. The molecule has 1 aliphatic rings. The molecule has 1 amide bonds. The number of carbonyl (C=O) groups is 1. The van der Waals surface area contributed by atoms with Crippen molar-refractivity contribution in [3.8, 4) is 11.1 Å². The van der Waals surface area contributed by atoms with E-state index in [1.807, 2.05) is 19.1 Å². The zero-order valence-electron chi connectivity index (χ0n) is 17.9. The van der Waals surface area contributed by atoms with E-state index >= 15 is 0 Å². The summed E-state index contributed by atoms with van der Waals surface area (Å²) >= 11 is 0. The van der Waals surface area contributed by atoms with E-state index in [-0.39, 0.29) is 12.5 Å². The van der Waals surface area contributed by atoms with E-state index in [1.54, 1.807) is 31.5 Å². The summed E-state index contributed by atoms with van der Waals surface area (Å²) in [5.74, 6) is -0.0370. The number of rotatable bonds is 6. The zero-order valence-corrected chi connectivity index (χ0v) is 17.9. The van der Waals surface area contributed by atoms with Gasteiger partial charge in [-0.05, 0) is 55.3 Å². The first kappa shape index (κ1) is 21.4. The molecule has 8 nitrogen and oxygen atoms in total. The van der Waals surface area contributed by atoms with Crippen LogP contribution in [0.2, 0.25) is 0 Å². The maximum absolute atomic E-state index is 13.5.